The molecule has 0 aliphatic heterocycles. The first-order valence-electron chi connectivity index (χ1n) is 4.64. The molecule has 0 saturated carbocycles. The van der Waals surface area contributed by atoms with E-state index in [0.717, 1.165) is 12.8 Å². The SMILES string of the molecule is C=CC(CC)CC(C)(N)CNC=O. The highest BCUT2D eigenvalue weighted by atomic mass is 16.1. The molecule has 1 amide bonds. The summed E-state index contributed by atoms with van der Waals surface area (Å²) >= 11 is 0. The van der Waals surface area contributed by atoms with Gasteiger partial charge in [0.15, 0.2) is 0 Å². The van der Waals surface area contributed by atoms with Gasteiger partial charge in [0.1, 0.15) is 0 Å². The maximum atomic E-state index is 10.1. The third-order valence-corrected chi connectivity index (χ3v) is 2.18. The molecule has 3 N–H and O–H groups in total. The fraction of sp³-hybridized carbons (Fsp3) is 0.700. The first-order valence-corrected chi connectivity index (χ1v) is 4.64. The number of hydrogen-bond donors (Lipinski definition) is 2. The molecule has 0 heterocycles. The van der Waals surface area contributed by atoms with E-state index in [1.165, 1.54) is 0 Å². The van der Waals surface area contributed by atoms with Crippen molar-refractivity contribution in [2.24, 2.45) is 11.7 Å². The van der Waals surface area contributed by atoms with Gasteiger partial charge in [-0.3, -0.25) is 4.79 Å². The molecule has 2 unspecified atom stereocenters. The third-order valence-electron chi connectivity index (χ3n) is 2.18. The molecular formula is C10H20N2O. The van der Waals surface area contributed by atoms with Crippen LogP contribution in [0.15, 0.2) is 12.7 Å². The smallest absolute Gasteiger partial charge is 0.207 e. The number of amides is 1. The molecule has 0 radical (unpaired) electrons. The van der Waals surface area contributed by atoms with Gasteiger partial charge in [-0.05, 0) is 25.7 Å². The van der Waals surface area contributed by atoms with E-state index in [2.05, 4.69) is 18.8 Å². The van der Waals surface area contributed by atoms with E-state index in [0.29, 0.717) is 18.9 Å². The van der Waals surface area contributed by atoms with E-state index >= 15 is 0 Å². The molecule has 0 rings (SSSR count). The quantitative estimate of drug-likeness (QED) is 0.459. The lowest BCUT2D eigenvalue weighted by molar-refractivity contribution is -0.109. The molecule has 2 atom stereocenters. The van der Waals surface area contributed by atoms with E-state index in [-0.39, 0.29) is 5.54 Å². The van der Waals surface area contributed by atoms with Crippen molar-refractivity contribution in [3.8, 4) is 0 Å². The molecule has 0 aliphatic carbocycles. The van der Waals surface area contributed by atoms with E-state index in [9.17, 15) is 4.79 Å². The zero-order valence-corrected chi connectivity index (χ0v) is 8.55. The van der Waals surface area contributed by atoms with Gasteiger partial charge in [0.25, 0.3) is 0 Å². The number of carbonyl (C=O) groups excluding carboxylic acids is 1. The zero-order chi connectivity index (χ0) is 10.3. The van der Waals surface area contributed by atoms with Crippen LogP contribution in [-0.4, -0.2) is 18.5 Å². The van der Waals surface area contributed by atoms with Gasteiger partial charge in [0, 0.05) is 12.1 Å². The van der Waals surface area contributed by atoms with Crippen LogP contribution in [0.25, 0.3) is 0 Å². The van der Waals surface area contributed by atoms with Crippen molar-refractivity contribution < 1.29 is 4.79 Å². The van der Waals surface area contributed by atoms with Crippen molar-refractivity contribution in [3.05, 3.63) is 12.7 Å². The molecule has 0 bridgehead atoms. The van der Waals surface area contributed by atoms with Crippen LogP contribution in [0.2, 0.25) is 0 Å². The lowest BCUT2D eigenvalue weighted by Crippen LogP contribution is -2.46. The average Bonchev–Trinajstić information content (AvgIpc) is 2.11. The third kappa shape index (κ3) is 5.42. The molecule has 0 aromatic heterocycles. The second-order valence-corrected chi connectivity index (χ2v) is 3.76. The molecule has 0 aliphatic rings. The predicted octanol–water partition coefficient (Wildman–Crippen LogP) is 1.05. The number of hydrogen-bond acceptors (Lipinski definition) is 2. The van der Waals surface area contributed by atoms with E-state index in [1.807, 2.05) is 13.0 Å². The minimum atomic E-state index is -0.338. The number of nitrogens with two attached hydrogens (primary N) is 1. The Labute approximate surface area is 80.4 Å². The lowest BCUT2D eigenvalue weighted by atomic mass is 9.88. The Morgan fingerprint density at radius 1 is 1.69 bits per heavy atom. The van der Waals surface area contributed by atoms with E-state index in [1.54, 1.807) is 0 Å². The van der Waals surface area contributed by atoms with Crippen molar-refractivity contribution in [2.45, 2.75) is 32.2 Å². The molecule has 76 valence electrons. The summed E-state index contributed by atoms with van der Waals surface area (Å²) in [5.41, 5.74) is 5.65. The average molecular weight is 184 g/mol. The molecule has 0 fully saturated rings. The van der Waals surface area contributed by atoms with Crippen LogP contribution in [-0.2, 0) is 4.79 Å². The molecule has 3 nitrogen and oxygen atoms in total. The number of allylic oxidation sites excluding steroid dienone is 1. The predicted molar refractivity (Wildman–Crippen MR) is 55.3 cm³/mol. The summed E-state index contributed by atoms with van der Waals surface area (Å²) in [6.45, 7) is 8.31. The largest absolute Gasteiger partial charge is 0.357 e. The number of rotatable bonds is 7. The zero-order valence-electron chi connectivity index (χ0n) is 8.55. The second kappa shape index (κ2) is 5.75. The van der Waals surface area contributed by atoms with Crippen molar-refractivity contribution in [1.82, 2.24) is 5.32 Å². The fourth-order valence-electron chi connectivity index (χ4n) is 1.34. The summed E-state index contributed by atoms with van der Waals surface area (Å²) in [5, 5.41) is 2.60. The van der Waals surface area contributed by atoms with Gasteiger partial charge in [-0.2, -0.15) is 0 Å². The molecular weight excluding hydrogens is 164 g/mol. The van der Waals surface area contributed by atoms with E-state index in [4.69, 9.17) is 5.73 Å². The minimum absolute atomic E-state index is 0.338. The topological polar surface area (TPSA) is 55.1 Å². The number of carbonyl (C=O) groups is 1. The monoisotopic (exact) mass is 184 g/mol. The van der Waals surface area contributed by atoms with Crippen LogP contribution in [0.1, 0.15) is 26.7 Å². The van der Waals surface area contributed by atoms with Gasteiger partial charge in [-0.25, -0.2) is 0 Å². The molecule has 0 aromatic rings. The first-order chi connectivity index (χ1) is 6.05. The Hall–Kier alpha value is -0.830. The maximum Gasteiger partial charge on any atom is 0.207 e. The van der Waals surface area contributed by atoms with Crippen molar-refractivity contribution in [2.75, 3.05) is 6.54 Å². The van der Waals surface area contributed by atoms with Crippen molar-refractivity contribution in [1.29, 1.82) is 0 Å². The Kier molecular flexibility index (Phi) is 5.39. The van der Waals surface area contributed by atoms with Crippen LogP contribution >= 0.6 is 0 Å². The highest BCUT2D eigenvalue weighted by Gasteiger charge is 2.20. The van der Waals surface area contributed by atoms with Crippen LogP contribution in [0.3, 0.4) is 0 Å². The summed E-state index contributed by atoms with van der Waals surface area (Å²) < 4.78 is 0. The molecule has 13 heavy (non-hydrogen) atoms. The van der Waals surface area contributed by atoms with Gasteiger partial charge in [0.05, 0.1) is 0 Å². The minimum Gasteiger partial charge on any atom is -0.357 e. The first kappa shape index (κ1) is 12.2. The molecule has 0 spiro atoms. The molecule has 0 saturated heterocycles. The van der Waals surface area contributed by atoms with Crippen molar-refractivity contribution in [3.63, 3.8) is 0 Å². The molecule has 0 aromatic carbocycles. The Balaban J connectivity index is 3.97. The Bertz CT molecular complexity index is 166. The number of nitrogens with one attached hydrogen (secondary N) is 1. The fourth-order valence-corrected chi connectivity index (χ4v) is 1.34. The van der Waals surface area contributed by atoms with Crippen LogP contribution < -0.4 is 11.1 Å². The Morgan fingerprint density at radius 3 is 2.69 bits per heavy atom. The molecule has 3 heteroatoms. The highest BCUT2D eigenvalue weighted by molar-refractivity contribution is 5.46. The van der Waals surface area contributed by atoms with Crippen LogP contribution in [0.4, 0.5) is 0 Å². The van der Waals surface area contributed by atoms with Gasteiger partial charge in [-0.15, -0.1) is 6.58 Å². The normalized spacial score (nSPS) is 17.2. The highest BCUT2D eigenvalue weighted by Crippen LogP contribution is 2.17. The van der Waals surface area contributed by atoms with Gasteiger partial charge < -0.3 is 11.1 Å². The van der Waals surface area contributed by atoms with Gasteiger partial charge >= 0.3 is 0 Å². The van der Waals surface area contributed by atoms with Crippen LogP contribution in [0.5, 0.6) is 0 Å². The van der Waals surface area contributed by atoms with Crippen molar-refractivity contribution >= 4 is 6.41 Å². The van der Waals surface area contributed by atoms with Gasteiger partial charge in [0.2, 0.25) is 6.41 Å². The maximum absolute atomic E-state index is 10.1. The standard InChI is InChI=1S/C10H20N2O/c1-4-9(5-2)6-10(3,11)7-12-8-13/h4,8-9H,1,5-7,11H2,2-3H3,(H,12,13). The summed E-state index contributed by atoms with van der Waals surface area (Å²) in [4.78, 5) is 10.1. The van der Waals surface area contributed by atoms with Crippen LogP contribution in [0, 0.1) is 5.92 Å². The Morgan fingerprint density at radius 2 is 2.31 bits per heavy atom. The summed E-state index contributed by atoms with van der Waals surface area (Å²) in [7, 11) is 0. The summed E-state index contributed by atoms with van der Waals surface area (Å²) in [5.74, 6) is 0.434. The summed E-state index contributed by atoms with van der Waals surface area (Å²) in [6.07, 6.45) is 4.50. The van der Waals surface area contributed by atoms with E-state index < -0.39 is 0 Å². The lowest BCUT2D eigenvalue weighted by Gasteiger charge is -2.27. The second-order valence-electron chi connectivity index (χ2n) is 3.76. The summed E-state index contributed by atoms with van der Waals surface area (Å²) in [6, 6.07) is 0. The van der Waals surface area contributed by atoms with Gasteiger partial charge in [-0.1, -0.05) is 13.0 Å².